The summed E-state index contributed by atoms with van der Waals surface area (Å²) in [5.74, 6) is 0.889. The van der Waals surface area contributed by atoms with E-state index in [9.17, 15) is 4.39 Å². The van der Waals surface area contributed by atoms with Gasteiger partial charge in [-0.25, -0.2) is 14.4 Å². The van der Waals surface area contributed by atoms with E-state index in [0.717, 1.165) is 28.7 Å². The monoisotopic (exact) mass is 494 g/mol. The van der Waals surface area contributed by atoms with Gasteiger partial charge in [0.1, 0.15) is 23.9 Å². The van der Waals surface area contributed by atoms with Crippen LogP contribution in [0.2, 0.25) is 0 Å². The number of nitrogens with one attached hydrogen (secondary N) is 2. The summed E-state index contributed by atoms with van der Waals surface area (Å²) in [4.78, 5) is 23.3. The molecule has 0 atom stereocenters. The Balaban J connectivity index is 1.39. The van der Waals surface area contributed by atoms with Crippen LogP contribution in [0.25, 0.3) is 56.0 Å². The maximum absolute atomic E-state index is 14.5. The van der Waals surface area contributed by atoms with E-state index in [-0.39, 0.29) is 5.82 Å². The average Bonchev–Trinajstić information content (AvgIpc) is 3.52. The molecule has 0 saturated carbocycles. The van der Waals surface area contributed by atoms with Crippen LogP contribution < -0.4 is 4.74 Å². The molecule has 0 aliphatic rings. The summed E-state index contributed by atoms with van der Waals surface area (Å²) in [6.07, 6.45) is 6.79. The smallest absolute Gasteiger partial charge is 0.178 e. The van der Waals surface area contributed by atoms with E-state index in [2.05, 4.69) is 40.0 Å². The number of rotatable bonds is 7. The summed E-state index contributed by atoms with van der Waals surface area (Å²) in [6.45, 7) is 1.36. The molecule has 0 fully saturated rings. The van der Waals surface area contributed by atoms with E-state index in [1.807, 2.05) is 26.2 Å². The van der Waals surface area contributed by atoms with E-state index < -0.39 is 0 Å². The van der Waals surface area contributed by atoms with Crippen LogP contribution in [-0.2, 0) is 0 Å². The lowest BCUT2D eigenvalue weighted by molar-refractivity contribution is 0.261. The molecule has 0 unspecified atom stereocenters. The van der Waals surface area contributed by atoms with Gasteiger partial charge in [-0.2, -0.15) is 5.10 Å². The molecule has 0 bridgehead atoms. The second-order valence-corrected chi connectivity index (χ2v) is 8.87. The molecule has 6 aromatic rings. The first-order chi connectivity index (χ1) is 18.1. The lowest BCUT2D eigenvalue weighted by atomic mass is 10.1. The third-order valence-corrected chi connectivity index (χ3v) is 6.04. The SMILES string of the molecule is CN(C)CCOc1cncc(-c2cc3c(-c4nc5nccc(-c6ccccc6F)c5[nH]4)n[nH]c3cn2)c1. The fourth-order valence-corrected chi connectivity index (χ4v) is 4.17. The highest BCUT2D eigenvalue weighted by molar-refractivity contribution is 5.96. The number of nitrogens with zero attached hydrogens (tertiary/aromatic N) is 6. The number of aromatic nitrogens is 7. The van der Waals surface area contributed by atoms with E-state index >= 15 is 0 Å². The summed E-state index contributed by atoms with van der Waals surface area (Å²) in [6, 6.07) is 12.3. The number of pyridine rings is 3. The molecule has 5 aromatic heterocycles. The van der Waals surface area contributed by atoms with Crippen LogP contribution in [0.4, 0.5) is 4.39 Å². The third kappa shape index (κ3) is 4.38. The number of aromatic amines is 2. The van der Waals surface area contributed by atoms with Crippen LogP contribution in [0, 0.1) is 5.82 Å². The Morgan fingerprint density at radius 1 is 1.00 bits per heavy atom. The van der Waals surface area contributed by atoms with Gasteiger partial charge in [0.15, 0.2) is 11.5 Å². The van der Waals surface area contributed by atoms with Crippen LogP contribution in [-0.4, -0.2) is 67.3 Å². The number of likely N-dealkylation sites (N-methyl/N-ethyl adjacent to an activating group) is 1. The Morgan fingerprint density at radius 2 is 1.89 bits per heavy atom. The van der Waals surface area contributed by atoms with Crippen molar-refractivity contribution in [3.8, 4) is 39.7 Å². The standard InChI is InChI=1S/C27H23FN8O/c1-36(2)9-10-37-17-11-16(13-29-14-17)22-12-20-23(15-31-22)34-35-25(20)27-32-24-19(7-8-30-26(24)33-27)18-5-3-4-6-21(18)28/h3-8,11-15H,9-10H2,1-2H3,(H,34,35)(H,30,32,33). The first-order valence-electron chi connectivity index (χ1n) is 11.7. The van der Waals surface area contributed by atoms with Gasteiger partial charge in [0.05, 0.1) is 29.1 Å². The van der Waals surface area contributed by atoms with Gasteiger partial charge in [0, 0.05) is 41.0 Å². The van der Waals surface area contributed by atoms with E-state index in [1.54, 1.807) is 49.1 Å². The van der Waals surface area contributed by atoms with Gasteiger partial charge in [-0.05, 0) is 38.4 Å². The lowest BCUT2D eigenvalue weighted by Gasteiger charge is -2.11. The number of hydrogen-bond acceptors (Lipinski definition) is 7. The molecule has 1 aromatic carbocycles. The molecule has 0 amide bonds. The van der Waals surface area contributed by atoms with Crippen LogP contribution in [0.15, 0.2) is 67.3 Å². The van der Waals surface area contributed by atoms with Crippen molar-refractivity contribution in [2.24, 2.45) is 0 Å². The zero-order valence-electron chi connectivity index (χ0n) is 20.2. The van der Waals surface area contributed by atoms with Gasteiger partial charge >= 0.3 is 0 Å². The first kappa shape index (κ1) is 22.7. The minimum atomic E-state index is -0.311. The Labute approximate surface area is 211 Å². The van der Waals surface area contributed by atoms with Crippen molar-refractivity contribution in [2.75, 3.05) is 27.2 Å². The fourth-order valence-electron chi connectivity index (χ4n) is 4.17. The van der Waals surface area contributed by atoms with Crippen LogP contribution in [0.1, 0.15) is 0 Å². The molecule has 0 aliphatic carbocycles. The van der Waals surface area contributed by atoms with E-state index in [1.165, 1.54) is 6.07 Å². The largest absolute Gasteiger partial charge is 0.491 e. The van der Waals surface area contributed by atoms with Crippen molar-refractivity contribution in [3.63, 3.8) is 0 Å². The maximum atomic E-state index is 14.5. The number of hydrogen-bond donors (Lipinski definition) is 2. The van der Waals surface area contributed by atoms with Gasteiger partial charge in [-0.3, -0.25) is 15.1 Å². The molecule has 6 rings (SSSR count). The van der Waals surface area contributed by atoms with Crippen molar-refractivity contribution in [2.45, 2.75) is 0 Å². The van der Waals surface area contributed by atoms with Crippen molar-refractivity contribution in [1.29, 1.82) is 0 Å². The Morgan fingerprint density at radius 3 is 2.76 bits per heavy atom. The Kier molecular flexibility index (Phi) is 5.78. The molecule has 37 heavy (non-hydrogen) atoms. The lowest BCUT2D eigenvalue weighted by Crippen LogP contribution is -2.19. The van der Waals surface area contributed by atoms with Crippen LogP contribution >= 0.6 is 0 Å². The van der Waals surface area contributed by atoms with Gasteiger partial charge in [0.2, 0.25) is 0 Å². The summed E-state index contributed by atoms with van der Waals surface area (Å²) < 4.78 is 20.4. The molecule has 2 N–H and O–H groups in total. The molecular weight excluding hydrogens is 471 g/mol. The number of H-pyrrole nitrogens is 2. The summed E-state index contributed by atoms with van der Waals surface area (Å²) in [7, 11) is 4.00. The first-order valence-corrected chi connectivity index (χ1v) is 11.7. The molecular formula is C27H23FN8O. The molecule has 0 aliphatic heterocycles. The molecule has 0 radical (unpaired) electrons. The highest BCUT2D eigenvalue weighted by Gasteiger charge is 2.18. The zero-order chi connectivity index (χ0) is 25.4. The van der Waals surface area contributed by atoms with Gasteiger partial charge in [-0.15, -0.1) is 0 Å². The zero-order valence-corrected chi connectivity index (χ0v) is 20.2. The highest BCUT2D eigenvalue weighted by atomic mass is 19.1. The minimum absolute atomic E-state index is 0.311. The van der Waals surface area contributed by atoms with Crippen molar-refractivity contribution >= 4 is 22.1 Å². The second-order valence-electron chi connectivity index (χ2n) is 8.87. The van der Waals surface area contributed by atoms with E-state index in [4.69, 9.17) is 4.74 Å². The average molecular weight is 495 g/mol. The number of fused-ring (bicyclic) bond motifs is 2. The van der Waals surface area contributed by atoms with Crippen molar-refractivity contribution in [1.82, 2.24) is 40.0 Å². The van der Waals surface area contributed by atoms with Gasteiger partial charge in [-0.1, -0.05) is 18.2 Å². The summed E-state index contributed by atoms with van der Waals surface area (Å²) in [5, 5.41) is 8.33. The molecule has 0 saturated heterocycles. The quantitative estimate of drug-likeness (QED) is 0.331. The molecule has 184 valence electrons. The fraction of sp³-hybridized carbons (Fsp3) is 0.148. The Bertz CT molecular complexity index is 1720. The second kappa shape index (κ2) is 9.40. The number of ether oxygens (including phenoxy) is 1. The predicted molar refractivity (Wildman–Crippen MR) is 139 cm³/mol. The van der Waals surface area contributed by atoms with Crippen molar-refractivity contribution in [3.05, 3.63) is 73.1 Å². The van der Waals surface area contributed by atoms with Gasteiger partial charge in [0.25, 0.3) is 0 Å². The molecule has 10 heteroatoms. The third-order valence-electron chi connectivity index (χ3n) is 6.04. The predicted octanol–water partition coefficient (Wildman–Crippen LogP) is 4.70. The molecule has 9 nitrogen and oxygen atoms in total. The molecule has 0 spiro atoms. The summed E-state index contributed by atoms with van der Waals surface area (Å²) in [5.41, 5.74) is 5.19. The molecule has 5 heterocycles. The minimum Gasteiger partial charge on any atom is -0.491 e. The number of benzene rings is 1. The number of halogens is 1. The Hall–Kier alpha value is -4.70. The van der Waals surface area contributed by atoms with Crippen LogP contribution in [0.5, 0.6) is 5.75 Å². The number of imidazole rings is 1. The normalized spacial score (nSPS) is 11.6. The topological polar surface area (TPSA) is 109 Å². The van der Waals surface area contributed by atoms with Crippen LogP contribution in [0.3, 0.4) is 0 Å². The van der Waals surface area contributed by atoms with Gasteiger partial charge < -0.3 is 14.6 Å². The maximum Gasteiger partial charge on any atom is 0.178 e. The van der Waals surface area contributed by atoms with Crippen molar-refractivity contribution < 1.29 is 9.13 Å². The van der Waals surface area contributed by atoms with E-state index in [0.29, 0.717) is 46.2 Å². The summed E-state index contributed by atoms with van der Waals surface area (Å²) >= 11 is 0. The highest BCUT2D eigenvalue weighted by Crippen LogP contribution is 2.33.